The predicted octanol–water partition coefficient (Wildman–Crippen LogP) is 9.90. The van der Waals surface area contributed by atoms with Gasteiger partial charge >= 0.3 is 12.2 Å². The number of carbonyl (C=O) groups excluding carboxylic acids is 1. The molecule has 0 bridgehead atoms. The van der Waals surface area contributed by atoms with E-state index in [9.17, 15) is 19.5 Å². The summed E-state index contributed by atoms with van der Waals surface area (Å²) in [5.41, 5.74) is 6.77. The molecule has 0 spiro atoms. The van der Waals surface area contributed by atoms with Crippen LogP contribution in [0.3, 0.4) is 0 Å². The molecule has 14 nitrogen and oxygen atoms in total. The van der Waals surface area contributed by atoms with Gasteiger partial charge in [-0.15, -0.1) is 0 Å². The lowest BCUT2D eigenvalue weighted by molar-refractivity contribution is -0.0800. The van der Waals surface area contributed by atoms with Crippen molar-refractivity contribution in [1.82, 2.24) is 34.6 Å². The van der Waals surface area contributed by atoms with Crippen LogP contribution >= 0.6 is 0 Å². The van der Waals surface area contributed by atoms with Gasteiger partial charge in [0, 0.05) is 80.0 Å². The Morgan fingerprint density at radius 1 is 0.861 bits per heavy atom. The normalized spacial score (nSPS) is 20.6. The molecule has 2 aliphatic heterocycles. The number of rotatable bonds is 11. The van der Waals surface area contributed by atoms with E-state index < -0.39 is 23.3 Å². The second kappa shape index (κ2) is 18.2. The van der Waals surface area contributed by atoms with Crippen LogP contribution in [0, 0.1) is 5.41 Å². The zero-order chi connectivity index (χ0) is 50.1. The first-order valence-corrected chi connectivity index (χ1v) is 25.5. The second-order valence-electron chi connectivity index (χ2n) is 21.7. The Kier molecular flexibility index (Phi) is 12.0. The SMILES string of the molecule is C[C@H]1CN(C(=O)O)[C@](C)(C(C)(C)C)CN1C1CCN(c2nc(C(CNC(=O)OCC3c4ccccc4-c4ccccc43)(OC3CC3)c3ccccc3)c3cc(-c4cn(C)c(=O)c5[nH]ccc45)ccc3n2)CC1. The predicted molar refractivity (Wildman–Crippen MR) is 280 cm³/mol. The van der Waals surface area contributed by atoms with Gasteiger partial charge in [0.15, 0.2) is 5.60 Å². The maximum atomic E-state index is 14.2. The minimum Gasteiger partial charge on any atom is -0.465 e. The first-order chi connectivity index (χ1) is 34.6. The number of amides is 2. The lowest BCUT2D eigenvalue weighted by atomic mass is 9.71. The van der Waals surface area contributed by atoms with Gasteiger partial charge in [-0.3, -0.25) is 14.6 Å². The van der Waals surface area contributed by atoms with Gasteiger partial charge < -0.3 is 34.3 Å². The fraction of sp³-hybridized carbons (Fsp3) is 0.397. The number of ether oxygens (including phenoxy) is 2. The van der Waals surface area contributed by atoms with Gasteiger partial charge in [-0.25, -0.2) is 19.6 Å². The van der Waals surface area contributed by atoms with E-state index in [2.05, 4.69) is 85.1 Å². The summed E-state index contributed by atoms with van der Waals surface area (Å²) in [6.07, 6.45) is 5.58. The Hall–Kier alpha value is -7.03. The van der Waals surface area contributed by atoms with Crippen molar-refractivity contribution in [2.45, 2.75) is 95.5 Å². The summed E-state index contributed by atoms with van der Waals surface area (Å²) >= 11 is 0. The third-order valence-corrected chi connectivity index (χ3v) is 16.4. The number of aromatic nitrogens is 4. The quantitative estimate of drug-likeness (QED) is 0.114. The van der Waals surface area contributed by atoms with Gasteiger partial charge in [0.1, 0.15) is 12.1 Å². The van der Waals surface area contributed by atoms with E-state index in [0.29, 0.717) is 43.3 Å². The van der Waals surface area contributed by atoms with Crippen molar-refractivity contribution in [3.8, 4) is 22.3 Å². The summed E-state index contributed by atoms with van der Waals surface area (Å²) in [5.74, 6) is 0.466. The number of anilines is 1. The number of aromatic amines is 1. The van der Waals surface area contributed by atoms with Gasteiger partial charge in [-0.05, 0) is 96.5 Å². The molecule has 3 aromatic heterocycles. The lowest BCUT2D eigenvalue weighted by Gasteiger charge is -2.58. The molecule has 3 fully saturated rings. The molecular weight excluding hydrogens is 905 g/mol. The van der Waals surface area contributed by atoms with Gasteiger partial charge in [0.25, 0.3) is 5.56 Å². The number of hydrogen-bond donors (Lipinski definition) is 3. The molecular formula is C58H64N8O6. The molecule has 7 aromatic rings. The zero-order valence-electron chi connectivity index (χ0n) is 42.0. The third kappa shape index (κ3) is 8.27. The molecule has 1 saturated carbocycles. The fourth-order valence-corrected chi connectivity index (χ4v) is 11.7. The van der Waals surface area contributed by atoms with Crippen LogP contribution in [-0.2, 0) is 22.1 Å². The molecule has 3 atom stereocenters. The smallest absolute Gasteiger partial charge is 0.407 e. The largest absolute Gasteiger partial charge is 0.465 e. The minimum atomic E-state index is -1.29. The van der Waals surface area contributed by atoms with Crippen LogP contribution < -0.4 is 15.8 Å². The van der Waals surface area contributed by atoms with Crippen LogP contribution in [0.4, 0.5) is 15.5 Å². The average Bonchev–Trinajstić information content (AvgIpc) is 3.95. The van der Waals surface area contributed by atoms with Gasteiger partial charge in [-0.2, -0.15) is 0 Å². The minimum absolute atomic E-state index is 0.0245. The highest BCUT2D eigenvalue weighted by molar-refractivity contribution is 5.97. The number of alkyl carbamates (subject to hydrolysis) is 1. The number of nitrogens with zero attached hydrogens (tertiary/aromatic N) is 6. The standard InChI is InChI=1S/C58H64N8O6/c1-36-31-66(55(69)70)57(5,56(2,3)4)35-65(36)39-25-28-64(29-26-39)53-61-49-23-20-37(47-32-63(6)52(67)50-45(47)24-27-59-50)30-46(49)51(62-53)58(72-40-21-22-40,38-14-8-7-9-15-38)34-60-54(68)71-33-48-43-18-12-10-16-41(43)42-17-11-13-19-44(42)48/h7-20,23-24,27,30,32,36,39-40,48,59H,21-22,25-26,28-29,31,33-35H2,1-6H3,(H,60,68)(H,69,70)/t36-,57-,58?/m0/s1. The number of H-pyrrole nitrogens is 1. The summed E-state index contributed by atoms with van der Waals surface area (Å²) in [6, 6.07) is 35.1. The summed E-state index contributed by atoms with van der Waals surface area (Å²) in [6.45, 7) is 13.3. The van der Waals surface area contributed by atoms with E-state index in [-0.39, 0.29) is 48.2 Å². The van der Waals surface area contributed by atoms with Crippen molar-refractivity contribution < 1.29 is 24.2 Å². The van der Waals surface area contributed by atoms with Crippen LogP contribution in [0.25, 0.3) is 44.1 Å². The number of fused-ring (bicyclic) bond motifs is 5. The van der Waals surface area contributed by atoms with Crippen LogP contribution in [0.1, 0.15) is 88.6 Å². The molecule has 4 aromatic carbocycles. The summed E-state index contributed by atoms with van der Waals surface area (Å²) in [5, 5.41) is 15.1. The third-order valence-electron chi connectivity index (χ3n) is 16.4. The monoisotopic (exact) mass is 968 g/mol. The fourth-order valence-electron chi connectivity index (χ4n) is 11.7. The Morgan fingerprint density at radius 2 is 1.54 bits per heavy atom. The van der Waals surface area contributed by atoms with Gasteiger partial charge in [0.05, 0.1) is 29.4 Å². The Labute approximate surface area is 420 Å². The number of carbonyl (C=O) groups is 2. The zero-order valence-corrected chi connectivity index (χ0v) is 42.0. The molecule has 2 aliphatic carbocycles. The lowest BCUT2D eigenvalue weighted by Crippen LogP contribution is -2.71. The summed E-state index contributed by atoms with van der Waals surface area (Å²) in [7, 11) is 1.76. The van der Waals surface area contributed by atoms with Crippen LogP contribution in [-0.4, -0.2) is 110 Å². The van der Waals surface area contributed by atoms with E-state index in [1.54, 1.807) is 22.7 Å². The van der Waals surface area contributed by atoms with Crippen LogP contribution in [0.15, 0.2) is 120 Å². The molecule has 4 aliphatic rings. The number of benzene rings is 4. The molecule has 1 unspecified atom stereocenters. The summed E-state index contributed by atoms with van der Waals surface area (Å²) < 4.78 is 15.1. The van der Waals surface area contributed by atoms with E-state index in [0.717, 1.165) is 80.9 Å². The molecule has 372 valence electrons. The average molecular weight is 969 g/mol. The molecule has 2 saturated heterocycles. The highest BCUT2D eigenvalue weighted by atomic mass is 16.6. The second-order valence-corrected chi connectivity index (χ2v) is 21.7. The number of nitrogens with one attached hydrogen (secondary N) is 2. The molecule has 3 N–H and O–H groups in total. The summed E-state index contributed by atoms with van der Waals surface area (Å²) in [4.78, 5) is 60.6. The molecule has 2 amide bonds. The van der Waals surface area contributed by atoms with E-state index in [1.165, 1.54) is 0 Å². The number of aryl methyl sites for hydroxylation is 1. The molecule has 11 rings (SSSR count). The first kappa shape index (κ1) is 47.3. The molecule has 5 heterocycles. The van der Waals surface area contributed by atoms with Crippen molar-refractivity contribution in [3.05, 3.63) is 148 Å². The van der Waals surface area contributed by atoms with Crippen molar-refractivity contribution in [2.24, 2.45) is 12.5 Å². The number of hydrogen-bond acceptors (Lipinski definition) is 9. The Bertz CT molecular complexity index is 3220. The molecule has 72 heavy (non-hydrogen) atoms. The number of pyridine rings is 1. The van der Waals surface area contributed by atoms with Crippen molar-refractivity contribution in [1.29, 1.82) is 0 Å². The topological polar surface area (TPSA) is 158 Å². The number of carboxylic acid groups (broad SMARTS) is 1. The highest BCUT2D eigenvalue weighted by Gasteiger charge is 2.52. The maximum absolute atomic E-state index is 14.2. The number of piperidine rings is 1. The maximum Gasteiger partial charge on any atom is 0.407 e. The van der Waals surface area contributed by atoms with Crippen molar-refractivity contribution in [3.63, 3.8) is 0 Å². The first-order valence-electron chi connectivity index (χ1n) is 25.5. The number of piperazine rings is 1. The van der Waals surface area contributed by atoms with Crippen LogP contribution in [0.2, 0.25) is 0 Å². The van der Waals surface area contributed by atoms with Gasteiger partial charge in [-0.1, -0.05) is 106 Å². The molecule has 14 heteroatoms. The van der Waals surface area contributed by atoms with Crippen molar-refractivity contribution in [2.75, 3.05) is 44.2 Å². The molecule has 0 radical (unpaired) electrons. The van der Waals surface area contributed by atoms with Gasteiger partial charge in [0.2, 0.25) is 5.95 Å². The van der Waals surface area contributed by atoms with Crippen molar-refractivity contribution >= 4 is 39.9 Å². The Morgan fingerprint density at radius 3 is 2.21 bits per heavy atom. The Balaban J connectivity index is 0.971. The van der Waals surface area contributed by atoms with E-state index >= 15 is 0 Å². The highest BCUT2D eigenvalue weighted by Crippen LogP contribution is 2.47. The van der Waals surface area contributed by atoms with Crippen LogP contribution in [0.5, 0.6) is 0 Å². The van der Waals surface area contributed by atoms with E-state index in [1.807, 2.05) is 79.0 Å². The van der Waals surface area contributed by atoms with E-state index in [4.69, 9.17) is 19.4 Å².